The van der Waals surface area contributed by atoms with Crippen molar-refractivity contribution in [1.82, 2.24) is 0 Å². The summed E-state index contributed by atoms with van der Waals surface area (Å²) < 4.78 is 35.5. The van der Waals surface area contributed by atoms with Gasteiger partial charge >= 0.3 is 17.9 Å². The van der Waals surface area contributed by atoms with Crippen molar-refractivity contribution in [2.75, 3.05) is 13.2 Å². The van der Waals surface area contributed by atoms with Crippen molar-refractivity contribution >= 4 is 59.1 Å². The number of carbonyl (C=O) groups is 3. The van der Waals surface area contributed by atoms with Crippen molar-refractivity contribution in [2.45, 2.75) is 86.1 Å². The fourth-order valence-electron chi connectivity index (χ4n) is 3.64. The van der Waals surface area contributed by atoms with Crippen molar-refractivity contribution in [3.05, 3.63) is 0 Å². The molecular weight excluding hydrogens is 585 g/mol. The lowest BCUT2D eigenvalue weighted by atomic mass is 9.97. The zero-order valence-corrected chi connectivity index (χ0v) is 22.5. The minimum Gasteiger partial charge on any atom is -0.456 e. The first kappa shape index (κ1) is 32.7. The molecule has 0 aromatic heterocycles. The molecule has 0 saturated carbocycles. The number of aliphatic hydroxyl groups is 4. The Kier molecular flexibility index (Phi) is 12.2. The summed E-state index contributed by atoms with van der Waals surface area (Å²) in [4.78, 5) is 39.1. The number of nitrogens with zero attached hydrogens (tertiary/aromatic N) is 1. The van der Waals surface area contributed by atoms with E-state index in [2.05, 4.69) is 4.99 Å². The first-order chi connectivity index (χ1) is 17.6. The minimum atomic E-state index is -2.12. The highest BCUT2D eigenvalue weighted by Gasteiger charge is 2.53. The van der Waals surface area contributed by atoms with E-state index in [0.29, 0.717) is 6.40 Å². The number of ether oxygens (including phenoxy) is 7. The van der Waals surface area contributed by atoms with Crippen molar-refractivity contribution in [3.8, 4) is 0 Å². The number of hydrogen-bond acceptors (Lipinski definition) is 15. The Hall–Kier alpha value is -1.53. The van der Waals surface area contributed by atoms with E-state index in [-0.39, 0.29) is 0 Å². The molecule has 18 heteroatoms. The van der Waals surface area contributed by atoms with Crippen LogP contribution in [0.15, 0.2) is 4.99 Å². The van der Waals surface area contributed by atoms with E-state index in [1.165, 1.54) is 0 Å². The van der Waals surface area contributed by atoms with Gasteiger partial charge < -0.3 is 53.6 Å². The van der Waals surface area contributed by atoms with E-state index in [4.69, 9.17) is 68.0 Å². The number of aliphatic hydroxyl groups excluding tert-OH is 4. The third kappa shape index (κ3) is 9.29. The van der Waals surface area contributed by atoms with Gasteiger partial charge in [-0.05, 0) is 0 Å². The van der Waals surface area contributed by atoms with Crippen molar-refractivity contribution < 1.29 is 68.0 Å². The Morgan fingerprint density at radius 1 is 0.816 bits per heavy atom. The Labute approximate surface area is 231 Å². The summed E-state index contributed by atoms with van der Waals surface area (Å²) in [6.07, 6.45) is -14.7. The zero-order chi connectivity index (χ0) is 28.8. The van der Waals surface area contributed by atoms with Gasteiger partial charge in [0.15, 0.2) is 24.9 Å². The van der Waals surface area contributed by atoms with Crippen LogP contribution in [0.2, 0.25) is 0 Å². The van der Waals surface area contributed by atoms with Gasteiger partial charge in [0.2, 0.25) is 12.4 Å². The number of esters is 3. The maximum atomic E-state index is 11.9. The summed E-state index contributed by atoms with van der Waals surface area (Å²) in [7, 11) is 0. The minimum absolute atomic E-state index is 0.577. The Morgan fingerprint density at radius 3 is 1.87 bits per heavy atom. The highest BCUT2D eigenvalue weighted by atomic mass is 35.6. The maximum Gasteiger partial charge on any atom is 0.303 e. The zero-order valence-electron chi connectivity index (χ0n) is 20.2. The molecule has 2 fully saturated rings. The normalized spacial score (nSPS) is 35.9. The van der Waals surface area contributed by atoms with Crippen LogP contribution in [0.5, 0.6) is 0 Å². The third-order valence-corrected chi connectivity index (χ3v) is 5.46. The predicted octanol–water partition coefficient (Wildman–Crippen LogP) is -1.30. The molecule has 38 heavy (non-hydrogen) atoms. The topological polar surface area (TPSA) is 209 Å². The van der Waals surface area contributed by atoms with Gasteiger partial charge in [-0.1, -0.05) is 34.8 Å². The van der Waals surface area contributed by atoms with Crippen molar-refractivity contribution in [3.63, 3.8) is 0 Å². The average molecular weight is 613 g/mol. The summed E-state index contributed by atoms with van der Waals surface area (Å²) in [5.41, 5.74) is 0. The molecule has 2 saturated heterocycles. The molecule has 2 aliphatic heterocycles. The van der Waals surface area contributed by atoms with E-state index >= 15 is 0 Å². The van der Waals surface area contributed by atoms with Gasteiger partial charge in [0, 0.05) is 20.8 Å². The Morgan fingerprint density at radius 2 is 1.34 bits per heavy atom. The van der Waals surface area contributed by atoms with Gasteiger partial charge in [0.05, 0.1) is 13.2 Å². The van der Waals surface area contributed by atoms with Crippen LogP contribution in [0.1, 0.15) is 20.8 Å². The van der Waals surface area contributed by atoms with Gasteiger partial charge in [0.25, 0.3) is 3.92 Å². The number of rotatable bonds is 9. The van der Waals surface area contributed by atoms with E-state index < -0.39 is 96.4 Å². The molecule has 0 aromatic rings. The van der Waals surface area contributed by atoms with E-state index in [0.717, 1.165) is 20.8 Å². The summed E-state index contributed by atoms with van der Waals surface area (Å²) in [6.45, 7) is 1.86. The monoisotopic (exact) mass is 611 g/mol. The molecule has 0 bridgehead atoms. The van der Waals surface area contributed by atoms with Crippen molar-refractivity contribution in [2.24, 2.45) is 4.99 Å². The number of alkyl halides is 3. The first-order valence-electron chi connectivity index (χ1n) is 11.0. The third-order valence-electron chi connectivity index (χ3n) is 5.16. The molecule has 0 amide bonds. The molecule has 218 valence electrons. The second kappa shape index (κ2) is 14.2. The Bertz CT molecular complexity index is 855. The van der Waals surface area contributed by atoms with Crippen LogP contribution in [0.25, 0.3) is 0 Å². The van der Waals surface area contributed by atoms with Gasteiger partial charge in [-0.3, -0.25) is 14.4 Å². The fourth-order valence-corrected chi connectivity index (χ4v) is 3.76. The van der Waals surface area contributed by atoms with Gasteiger partial charge in [-0.2, -0.15) is 0 Å². The van der Waals surface area contributed by atoms with E-state index in [9.17, 15) is 34.8 Å². The number of aliphatic imine (C=N–C) groups is 1. The summed E-state index contributed by atoms with van der Waals surface area (Å²) in [5, 5.41) is 39.6. The van der Waals surface area contributed by atoms with E-state index in [1.54, 1.807) is 0 Å². The van der Waals surface area contributed by atoms with Crippen LogP contribution >= 0.6 is 34.8 Å². The second-order valence-corrected chi connectivity index (χ2v) is 10.4. The molecule has 0 spiro atoms. The Balaban J connectivity index is 2.37. The van der Waals surface area contributed by atoms with Crippen molar-refractivity contribution in [1.29, 1.82) is 0 Å². The number of hydrogen-bond donors (Lipinski definition) is 4. The summed E-state index contributed by atoms with van der Waals surface area (Å²) in [6, 6.07) is 0. The molecule has 2 rings (SSSR count). The smallest absolute Gasteiger partial charge is 0.303 e. The fraction of sp³-hybridized carbons (Fsp3) is 0.800. The molecule has 4 N–H and O–H groups in total. The van der Waals surface area contributed by atoms with Crippen LogP contribution in [0, 0.1) is 0 Å². The first-order valence-corrected chi connectivity index (χ1v) is 12.1. The molecule has 10 atom stereocenters. The van der Waals surface area contributed by atoms with Crippen LogP contribution in [0.4, 0.5) is 0 Å². The standard InChI is InChI=1S/C20H28Cl3NO14/c1-7(26)34-15-11(5-32-18-14(31)13(30)12(29)10(4-25)37-18)38-19(33-6-24-20(21,22)23)17(36-9(3)28)16(15)35-8(2)27/h6,10-19,25,29-31H,4-5H2,1-3H3/b24-6+/t10-,11-,12-,13+,14-,15-,16+,17-,18-,19-/m1/s1. The average Bonchev–Trinajstić information content (AvgIpc) is 2.79. The van der Waals surface area contributed by atoms with Crippen LogP contribution < -0.4 is 0 Å². The summed E-state index contributed by atoms with van der Waals surface area (Å²) >= 11 is 16.7. The van der Waals surface area contributed by atoms with Crippen LogP contribution in [0.3, 0.4) is 0 Å². The lowest BCUT2D eigenvalue weighted by Gasteiger charge is -2.44. The molecule has 15 nitrogen and oxygen atoms in total. The number of carbonyl (C=O) groups excluding carboxylic acids is 3. The van der Waals surface area contributed by atoms with Gasteiger partial charge in [-0.15, -0.1) is 0 Å². The highest BCUT2D eigenvalue weighted by molar-refractivity contribution is 6.67. The molecule has 0 radical (unpaired) electrons. The van der Waals surface area contributed by atoms with Gasteiger partial charge in [-0.25, -0.2) is 4.99 Å². The molecule has 0 aliphatic carbocycles. The van der Waals surface area contributed by atoms with Crippen LogP contribution in [-0.4, -0.2) is 123 Å². The van der Waals surface area contributed by atoms with Crippen LogP contribution in [-0.2, 0) is 47.5 Å². The molecule has 0 aromatic carbocycles. The SMILES string of the molecule is CC(=O)O[C@@H]1[C@@H](OC(C)=O)[C@H](O/C=N/C(Cl)(Cl)Cl)O[C@H](CO[C@@H]2O[C@H](CO)[C@@H](O)[C@H](O)[C@H]2O)[C@H]1OC(C)=O. The molecule has 0 unspecified atom stereocenters. The largest absolute Gasteiger partial charge is 0.456 e. The molecular formula is C20H28Cl3NO14. The quantitative estimate of drug-likeness (QED) is 0.0596. The lowest BCUT2D eigenvalue weighted by Crippen LogP contribution is -2.63. The highest BCUT2D eigenvalue weighted by Crippen LogP contribution is 2.32. The predicted molar refractivity (Wildman–Crippen MR) is 125 cm³/mol. The molecule has 2 heterocycles. The molecule has 2 aliphatic rings. The summed E-state index contributed by atoms with van der Waals surface area (Å²) in [5.74, 6) is -2.54. The lowest BCUT2D eigenvalue weighted by molar-refractivity contribution is -0.325. The maximum absolute atomic E-state index is 11.9. The van der Waals surface area contributed by atoms with Gasteiger partial charge in [0.1, 0.15) is 30.5 Å². The second-order valence-electron chi connectivity index (χ2n) is 8.13. The number of halogens is 3. The van der Waals surface area contributed by atoms with E-state index in [1.807, 2.05) is 0 Å².